The quantitative estimate of drug-likeness (QED) is 0.815. The third-order valence-corrected chi connectivity index (χ3v) is 3.37. The van der Waals surface area contributed by atoms with Crippen LogP contribution in [0.2, 0.25) is 5.28 Å². The van der Waals surface area contributed by atoms with Crippen LogP contribution < -0.4 is 5.32 Å². The van der Waals surface area contributed by atoms with Gasteiger partial charge in [0.2, 0.25) is 5.28 Å². The molecule has 2 heterocycles. The van der Waals surface area contributed by atoms with Gasteiger partial charge in [0, 0.05) is 0 Å². The zero-order valence-electron chi connectivity index (χ0n) is 12.6. The van der Waals surface area contributed by atoms with Crippen LogP contribution in [-0.2, 0) is 13.2 Å². The maximum atomic E-state index is 13.8. The molecule has 22 heavy (non-hydrogen) atoms. The molecule has 0 amide bonds. The fourth-order valence-electron chi connectivity index (χ4n) is 1.84. The summed E-state index contributed by atoms with van der Waals surface area (Å²) in [6.45, 7) is 6.28. The van der Waals surface area contributed by atoms with Gasteiger partial charge in [0.05, 0.1) is 31.6 Å². The molecular formula is C13H18ClFN6O. The van der Waals surface area contributed by atoms with Crippen LogP contribution in [0.4, 0.5) is 10.2 Å². The number of nitrogens with zero attached hydrogens (tertiary/aromatic N) is 5. The number of nitrogens with one attached hydrogen (secondary N) is 1. The van der Waals surface area contributed by atoms with Crippen LogP contribution >= 0.6 is 11.6 Å². The highest BCUT2D eigenvalue weighted by Crippen LogP contribution is 2.25. The highest BCUT2D eigenvalue weighted by molar-refractivity contribution is 6.28. The molecule has 0 radical (unpaired) electrons. The molecule has 1 atom stereocenters. The summed E-state index contributed by atoms with van der Waals surface area (Å²) in [5.41, 5.74) is 0.263. The van der Waals surface area contributed by atoms with Crippen molar-refractivity contribution >= 4 is 17.4 Å². The summed E-state index contributed by atoms with van der Waals surface area (Å²) in [7, 11) is 0. The molecule has 2 N–H and O–H groups in total. The predicted molar refractivity (Wildman–Crippen MR) is 79.8 cm³/mol. The van der Waals surface area contributed by atoms with Crippen LogP contribution in [0.15, 0.2) is 12.4 Å². The van der Waals surface area contributed by atoms with E-state index in [2.05, 4.69) is 25.6 Å². The van der Waals surface area contributed by atoms with Crippen molar-refractivity contribution in [2.24, 2.45) is 5.41 Å². The monoisotopic (exact) mass is 328 g/mol. The van der Waals surface area contributed by atoms with Crippen molar-refractivity contribution in [3.8, 4) is 0 Å². The predicted octanol–water partition coefficient (Wildman–Crippen LogP) is 1.88. The largest absolute Gasteiger partial charge is 0.390 e. The summed E-state index contributed by atoms with van der Waals surface area (Å²) >= 11 is 5.71. The number of aliphatic hydroxyl groups excluding tert-OH is 1. The fourth-order valence-corrected chi connectivity index (χ4v) is 1.97. The molecule has 7 nitrogen and oxygen atoms in total. The molecule has 0 aliphatic carbocycles. The minimum absolute atomic E-state index is 0.0279. The summed E-state index contributed by atoms with van der Waals surface area (Å²) in [4.78, 5) is 7.46. The number of hydrogen-bond donors (Lipinski definition) is 2. The Morgan fingerprint density at radius 1 is 1.45 bits per heavy atom. The molecular weight excluding hydrogens is 311 g/mol. The second-order valence-corrected chi connectivity index (χ2v) is 6.33. The minimum atomic E-state index is -0.576. The topological polar surface area (TPSA) is 88.8 Å². The summed E-state index contributed by atoms with van der Waals surface area (Å²) in [6.07, 6.45) is 2.67. The third kappa shape index (κ3) is 4.11. The average Bonchev–Trinajstić information content (AvgIpc) is 2.89. The molecule has 0 bridgehead atoms. The van der Waals surface area contributed by atoms with Gasteiger partial charge in [-0.05, 0) is 17.0 Å². The molecule has 0 aliphatic heterocycles. The smallest absolute Gasteiger partial charge is 0.224 e. The van der Waals surface area contributed by atoms with Gasteiger partial charge in [-0.15, -0.1) is 5.10 Å². The van der Waals surface area contributed by atoms with Crippen molar-refractivity contribution in [2.75, 3.05) is 5.32 Å². The van der Waals surface area contributed by atoms with E-state index >= 15 is 0 Å². The Balaban J connectivity index is 2.21. The highest BCUT2D eigenvalue weighted by Gasteiger charge is 2.27. The van der Waals surface area contributed by atoms with E-state index in [1.165, 1.54) is 0 Å². The molecule has 9 heteroatoms. The highest BCUT2D eigenvalue weighted by atomic mass is 35.5. The number of aliphatic hydroxyl groups is 1. The fraction of sp³-hybridized carbons (Fsp3) is 0.538. The van der Waals surface area contributed by atoms with E-state index in [9.17, 15) is 4.39 Å². The van der Waals surface area contributed by atoms with E-state index in [0.717, 1.165) is 6.20 Å². The number of halogens is 2. The van der Waals surface area contributed by atoms with Crippen molar-refractivity contribution in [3.05, 3.63) is 29.2 Å². The van der Waals surface area contributed by atoms with Gasteiger partial charge in [0.25, 0.3) is 0 Å². The number of hydrogen-bond acceptors (Lipinski definition) is 6. The molecule has 0 unspecified atom stereocenters. The summed E-state index contributed by atoms with van der Waals surface area (Å²) in [5.74, 6) is -0.532. The lowest BCUT2D eigenvalue weighted by Crippen LogP contribution is -2.38. The first-order valence-electron chi connectivity index (χ1n) is 6.74. The molecule has 0 aliphatic rings. The van der Waals surface area contributed by atoms with E-state index in [1.807, 2.05) is 20.8 Å². The van der Waals surface area contributed by atoms with Gasteiger partial charge < -0.3 is 10.4 Å². The maximum Gasteiger partial charge on any atom is 0.224 e. The van der Waals surface area contributed by atoms with Crippen LogP contribution in [-0.4, -0.2) is 36.1 Å². The molecule has 0 spiro atoms. The molecule has 0 fully saturated rings. The van der Waals surface area contributed by atoms with E-state index in [1.54, 1.807) is 10.9 Å². The Hall–Kier alpha value is -1.80. The lowest BCUT2D eigenvalue weighted by Gasteiger charge is -2.31. The zero-order chi connectivity index (χ0) is 16.3. The van der Waals surface area contributed by atoms with E-state index in [4.69, 9.17) is 16.7 Å². The molecule has 0 saturated carbocycles. The SMILES string of the molecule is CC(C)(C)[C@@H](Cn1cc(CO)nn1)Nc1nc(Cl)ncc1F. The second-order valence-electron chi connectivity index (χ2n) is 5.99. The first-order chi connectivity index (χ1) is 10.3. The Morgan fingerprint density at radius 3 is 2.77 bits per heavy atom. The van der Waals surface area contributed by atoms with E-state index < -0.39 is 5.82 Å². The molecule has 2 aromatic heterocycles. The summed E-state index contributed by atoms with van der Waals surface area (Å²) in [5, 5.41) is 19.8. The molecule has 0 saturated heterocycles. The van der Waals surface area contributed by atoms with Crippen LogP contribution in [0.1, 0.15) is 26.5 Å². The van der Waals surface area contributed by atoms with Gasteiger partial charge in [0.1, 0.15) is 5.69 Å². The van der Waals surface area contributed by atoms with Gasteiger partial charge in [-0.25, -0.2) is 9.37 Å². The van der Waals surface area contributed by atoms with Gasteiger partial charge in [-0.2, -0.15) is 4.98 Å². The lowest BCUT2D eigenvalue weighted by molar-refractivity contribution is 0.276. The molecule has 0 aromatic carbocycles. The zero-order valence-corrected chi connectivity index (χ0v) is 13.3. The van der Waals surface area contributed by atoms with Crippen LogP contribution in [0, 0.1) is 11.2 Å². The Labute approximate surface area is 132 Å². The van der Waals surface area contributed by atoms with Gasteiger partial charge in [0.15, 0.2) is 11.6 Å². The standard InChI is InChI=1S/C13H18ClFN6O/c1-13(2,3)10(6-21-5-8(7-22)19-20-21)17-11-9(15)4-16-12(14)18-11/h4-5,10,22H,6-7H2,1-3H3,(H,16,17,18)/t10-/m1/s1. The maximum absolute atomic E-state index is 13.8. The second kappa shape index (κ2) is 6.53. The Bertz CT molecular complexity index is 642. The van der Waals surface area contributed by atoms with Crippen LogP contribution in [0.3, 0.4) is 0 Å². The van der Waals surface area contributed by atoms with Gasteiger partial charge >= 0.3 is 0 Å². The van der Waals surface area contributed by atoms with Gasteiger partial charge in [-0.3, -0.25) is 4.68 Å². The van der Waals surface area contributed by atoms with Crippen molar-refractivity contribution < 1.29 is 9.50 Å². The van der Waals surface area contributed by atoms with E-state index in [-0.39, 0.29) is 29.2 Å². The third-order valence-electron chi connectivity index (χ3n) is 3.19. The number of anilines is 1. The normalized spacial score (nSPS) is 13.2. The molecule has 2 rings (SSSR count). The van der Waals surface area contributed by atoms with Crippen LogP contribution in [0.25, 0.3) is 0 Å². The average molecular weight is 329 g/mol. The van der Waals surface area contributed by atoms with Crippen LogP contribution in [0.5, 0.6) is 0 Å². The lowest BCUT2D eigenvalue weighted by atomic mass is 9.86. The first-order valence-corrected chi connectivity index (χ1v) is 7.12. The summed E-state index contributed by atoms with van der Waals surface area (Å²) in [6, 6.07) is -0.193. The van der Waals surface area contributed by atoms with E-state index in [0.29, 0.717) is 12.2 Å². The van der Waals surface area contributed by atoms with Gasteiger partial charge in [-0.1, -0.05) is 26.0 Å². The van der Waals surface area contributed by atoms with Crippen molar-refractivity contribution in [1.82, 2.24) is 25.0 Å². The van der Waals surface area contributed by atoms with Crippen molar-refractivity contribution in [1.29, 1.82) is 0 Å². The Kier molecular flexibility index (Phi) is 4.92. The molecule has 120 valence electrons. The van der Waals surface area contributed by atoms with Crippen molar-refractivity contribution in [3.63, 3.8) is 0 Å². The number of rotatable bonds is 5. The summed E-state index contributed by atoms with van der Waals surface area (Å²) < 4.78 is 15.4. The first kappa shape index (κ1) is 16.6. The van der Waals surface area contributed by atoms with Crippen molar-refractivity contribution in [2.45, 2.75) is 40.0 Å². The number of aromatic nitrogens is 5. The Morgan fingerprint density at radius 2 is 2.18 bits per heavy atom. The minimum Gasteiger partial charge on any atom is -0.390 e. The molecule has 2 aromatic rings.